The molecule has 0 aliphatic rings. The number of benzene rings is 1. The van der Waals surface area contributed by atoms with Crippen molar-refractivity contribution >= 4 is 33.8 Å². The summed E-state index contributed by atoms with van der Waals surface area (Å²) in [5.74, 6) is 0.181. The van der Waals surface area contributed by atoms with E-state index in [9.17, 15) is 13.2 Å². The molecule has 0 fully saturated rings. The lowest BCUT2D eigenvalue weighted by molar-refractivity contribution is -0.117. The molecule has 0 spiro atoms. The molecule has 1 aromatic carbocycles. The molecule has 132 valence electrons. The third-order valence-electron chi connectivity index (χ3n) is 2.68. The smallest absolute Gasteiger partial charge is 0.241 e. The highest BCUT2D eigenvalue weighted by Crippen LogP contribution is 2.20. The Morgan fingerprint density at radius 1 is 1.26 bits per heavy atom. The summed E-state index contributed by atoms with van der Waals surface area (Å²) in [7, 11) is -3.13. The maximum absolute atomic E-state index is 11.9. The molecule has 0 saturated heterocycles. The van der Waals surface area contributed by atoms with Gasteiger partial charge in [-0.1, -0.05) is 0 Å². The highest BCUT2D eigenvalue weighted by Gasteiger charge is 2.16. The maximum atomic E-state index is 11.9. The first-order valence-corrected chi connectivity index (χ1v) is 9.05. The van der Waals surface area contributed by atoms with E-state index in [1.165, 1.54) is 0 Å². The average Bonchev–Trinajstić information content (AvgIpc) is 2.35. The van der Waals surface area contributed by atoms with E-state index in [4.69, 9.17) is 10.5 Å². The first-order chi connectivity index (χ1) is 9.96. The van der Waals surface area contributed by atoms with Gasteiger partial charge in [-0.25, -0.2) is 8.42 Å². The van der Waals surface area contributed by atoms with Crippen LogP contribution < -0.4 is 15.8 Å². The van der Waals surface area contributed by atoms with Crippen LogP contribution in [0.25, 0.3) is 0 Å². The van der Waals surface area contributed by atoms with Gasteiger partial charge in [-0.2, -0.15) is 0 Å². The molecule has 0 radical (unpaired) electrons. The highest BCUT2D eigenvalue weighted by molar-refractivity contribution is 7.90. The molecule has 1 rings (SSSR count). The molecular weight excluding hydrogens is 340 g/mol. The van der Waals surface area contributed by atoms with Gasteiger partial charge in [0.05, 0.1) is 11.8 Å². The number of anilines is 1. The van der Waals surface area contributed by atoms with E-state index in [-0.39, 0.29) is 30.2 Å². The zero-order valence-corrected chi connectivity index (χ0v) is 15.5. The lowest BCUT2D eigenvalue weighted by Gasteiger charge is -2.21. The van der Waals surface area contributed by atoms with Crippen LogP contribution in [0, 0.1) is 0 Å². The van der Waals surface area contributed by atoms with Crippen molar-refractivity contribution in [2.75, 3.05) is 17.3 Å². The Labute approximate surface area is 144 Å². The first-order valence-electron chi connectivity index (χ1n) is 6.99. The van der Waals surface area contributed by atoms with Crippen LogP contribution in [0.2, 0.25) is 0 Å². The molecule has 0 bridgehead atoms. The Hall–Kier alpha value is -1.31. The van der Waals surface area contributed by atoms with E-state index in [0.29, 0.717) is 11.4 Å². The number of carbonyl (C=O) groups is 1. The van der Waals surface area contributed by atoms with Crippen molar-refractivity contribution in [2.45, 2.75) is 38.8 Å². The first kappa shape index (κ1) is 21.7. The van der Waals surface area contributed by atoms with Gasteiger partial charge in [0.2, 0.25) is 5.91 Å². The number of nitrogens with two attached hydrogens (primary N) is 1. The molecule has 0 aromatic heterocycles. The minimum absolute atomic E-state index is 0. The standard InChI is InChI=1S/C15H24N2O4S.ClH/c1-15(2,3)21-12-7-5-11(6-8-12)17-14(18)13(16)9-10-22(4,19)20;/h5-8,13H,9-10,16H2,1-4H3,(H,17,18);1H. The summed E-state index contributed by atoms with van der Waals surface area (Å²) in [6, 6.07) is 6.07. The Kier molecular flexibility index (Phi) is 8.03. The lowest BCUT2D eigenvalue weighted by atomic mass is 10.2. The molecule has 1 amide bonds. The number of hydrogen-bond acceptors (Lipinski definition) is 5. The molecule has 1 atom stereocenters. The Morgan fingerprint density at radius 3 is 2.22 bits per heavy atom. The van der Waals surface area contributed by atoms with E-state index < -0.39 is 21.8 Å². The van der Waals surface area contributed by atoms with E-state index in [1.54, 1.807) is 24.3 Å². The minimum Gasteiger partial charge on any atom is -0.488 e. The van der Waals surface area contributed by atoms with Gasteiger partial charge in [0.1, 0.15) is 21.2 Å². The van der Waals surface area contributed by atoms with Crippen molar-refractivity contribution in [1.82, 2.24) is 0 Å². The molecule has 0 aliphatic carbocycles. The van der Waals surface area contributed by atoms with Crippen molar-refractivity contribution in [3.63, 3.8) is 0 Å². The predicted molar refractivity (Wildman–Crippen MR) is 95.0 cm³/mol. The molecule has 0 saturated carbocycles. The van der Waals surface area contributed by atoms with Crippen molar-refractivity contribution in [3.8, 4) is 5.75 Å². The predicted octanol–water partition coefficient (Wildman–Crippen LogP) is 1.99. The number of carbonyl (C=O) groups excluding carboxylic acids is 1. The summed E-state index contributed by atoms with van der Waals surface area (Å²) in [5.41, 5.74) is 5.98. The zero-order chi connectivity index (χ0) is 17.0. The van der Waals surface area contributed by atoms with Crippen molar-refractivity contribution in [1.29, 1.82) is 0 Å². The minimum atomic E-state index is -3.13. The van der Waals surface area contributed by atoms with Crippen LogP contribution in [-0.2, 0) is 14.6 Å². The molecular formula is C15H25ClN2O4S. The Morgan fingerprint density at radius 2 is 1.78 bits per heavy atom. The van der Waals surface area contributed by atoms with Gasteiger partial charge in [-0.05, 0) is 51.5 Å². The van der Waals surface area contributed by atoms with E-state index in [1.807, 2.05) is 20.8 Å². The molecule has 0 aliphatic heterocycles. The van der Waals surface area contributed by atoms with Crippen LogP contribution in [0.5, 0.6) is 5.75 Å². The molecule has 8 heteroatoms. The zero-order valence-electron chi connectivity index (χ0n) is 13.8. The van der Waals surface area contributed by atoms with Gasteiger partial charge in [0.15, 0.2) is 0 Å². The summed E-state index contributed by atoms with van der Waals surface area (Å²) >= 11 is 0. The van der Waals surface area contributed by atoms with Gasteiger partial charge in [0.25, 0.3) is 0 Å². The quantitative estimate of drug-likeness (QED) is 0.804. The van der Waals surface area contributed by atoms with Crippen LogP contribution >= 0.6 is 12.4 Å². The molecule has 6 nitrogen and oxygen atoms in total. The Bertz CT molecular complexity index is 609. The monoisotopic (exact) mass is 364 g/mol. The summed E-state index contributed by atoms with van der Waals surface area (Å²) in [6.45, 7) is 5.84. The number of rotatable bonds is 6. The number of hydrogen-bond donors (Lipinski definition) is 2. The lowest BCUT2D eigenvalue weighted by Crippen LogP contribution is -2.37. The number of amides is 1. The number of nitrogens with one attached hydrogen (secondary N) is 1. The van der Waals surface area contributed by atoms with Gasteiger partial charge < -0.3 is 15.8 Å². The van der Waals surface area contributed by atoms with E-state index in [0.717, 1.165) is 6.26 Å². The van der Waals surface area contributed by atoms with E-state index in [2.05, 4.69) is 5.32 Å². The van der Waals surface area contributed by atoms with Crippen LogP contribution in [0.3, 0.4) is 0 Å². The van der Waals surface area contributed by atoms with Crippen LogP contribution in [-0.4, -0.2) is 38.0 Å². The second kappa shape index (κ2) is 8.52. The van der Waals surface area contributed by atoms with Gasteiger partial charge in [0, 0.05) is 11.9 Å². The second-order valence-electron chi connectivity index (χ2n) is 6.25. The molecule has 1 aromatic rings. The summed E-state index contributed by atoms with van der Waals surface area (Å²) < 4.78 is 27.8. The highest BCUT2D eigenvalue weighted by atomic mass is 35.5. The topological polar surface area (TPSA) is 98.5 Å². The fourth-order valence-corrected chi connectivity index (χ4v) is 2.35. The third-order valence-corrected chi connectivity index (χ3v) is 3.66. The number of sulfone groups is 1. The normalized spacial score (nSPS) is 12.9. The summed E-state index contributed by atoms with van der Waals surface area (Å²) in [5, 5.41) is 2.65. The summed E-state index contributed by atoms with van der Waals surface area (Å²) in [6.07, 6.45) is 1.21. The van der Waals surface area contributed by atoms with E-state index >= 15 is 0 Å². The van der Waals surface area contributed by atoms with Crippen molar-refractivity contribution in [3.05, 3.63) is 24.3 Å². The second-order valence-corrected chi connectivity index (χ2v) is 8.51. The largest absolute Gasteiger partial charge is 0.488 e. The summed E-state index contributed by atoms with van der Waals surface area (Å²) in [4.78, 5) is 11.9. The average molecular weight is 365 g/mol. The van der Waals surface area contributed by atoms with Crippen LogP contribution in [0.1, 0.15) is 27.2 Å². The Balaban J connectivity index is 0.00000484. The van der Waals surface area contributed by atoms with Gasteiger partial charge in [-0.15, -0.1) is 12.4 Å². The molecule has 23 heavy (non-hydrogen) atoms. The van der Waals surface area contributed by atoms with Crippen molar-refractivity contribution < 1.29 is 17.9 Å². The fourth-order valence-electron chi connectivity index (χ4n) is 1.67. The van der Waals surface area contributed by atoms with Crippen LogP contribution in [0.15, 0.2) is 24.3 Å². The third kappa shape index (κ3) is 9.43. The molecule has 0 heterocycles. The van der Waals surface area contributed by atoms with Crippen molar-refractivity contribution in [2.24, 2.45) is 5.73 Å². The fraction of sp³-hybridized carbons (Fsp3) is 0.533. The molecule has 3 N–H and O–H groups in total. The number of ether oxygens (including phenoxy) is 1. The van der Waals surface area contributed by atoms with Gasteiger partial charge >= 0.3 is 0 Å². The SMILES string of the molecule is CC(C)(C)Oc1ccc(NC(=O)C(N)CCS(C)(=O)=O)cc1.Cl. The number of halogens is 1. The molecule has 1 unspecified atom stereocenters. The maximum Gasteiger partial charge on any atom is 0.241 e. The van der Waals surface area contributed by atoms with Crippen LogP contribution in [0.4, 0.5) is 5.69 Å². The van der Waals surface area contributed by atoms with Gasteiger partial charge in [-0.3, -0.25) is 4.79 Å².